The number of sulfonamides is 1. The Morgan fingerprint density at radius 2 is 1.83 bits per heavy atom. The largest absolute Gasteiger partial charge is 0.457 e. The molecule has 0 fully saturated rings. The van der Waals surface area contributed by atoms with Gasteiger partial charge in [0, 0.05) is 18.0 Å². The van der Waals surface area contributed by atoms with Crippen molar-refractivity contribution in [2.75, 3.05) is 7.05 Å². The Bertz CT molecular complexity index is 1410. The highest BCUT2D eigenvalue weighted by Gasteiger charge is 2.19. The van der Waals surface area contributed by atoms with E-state index in [9.17, 15) is 17.6 Å². The van der Waals surface area contributed by atoms with Crippen molar-refractivity contribution < 1.29 is 17.5 Å². The summed E-state index contributed by atoms with van der Waals surface area (Å²) in [4.78, 5) is 15.0. The normalized spacial score (nSPS) is 11.7. The molecule has 0 atom stereocenters. The maximum atomic E-state index is 13.2. The zero-order valence-electron chi connectivity index (χ0n) is 16.1. The smallest absolute Gasteiger partial charge is 0.272 e. The molecule has 9 heteroatoms. The van der Waals surface area contributed by atoms with Gasteiger partial charge in [0.15, 0.2) is 0 Å². The minimum atomic E-state index is -3.71. The molecule has 0 unspecified atom stereocenters. The third-order valence-electron chi connectivity index (χ3n) is 4.73. The zero-order valence-corrected chi connectivity index (χ0v) is 17.0. The van der Waals surface area contributed by atoms with Crippen LogP contribution in [0.2, 0.25) is 0 Å². The van der Waals surface area contributed by atoms with Gasteiger partial charge in [0.25, 0.3) is 5.56 Å². The molecule has 4 rings (SSSR count). The molecule has 7 nitrogen and oxygen atoms in total. The molecule has 0 aliphatic carbocycles. The average molecular weight is 427 g/mol. The van der Waals surface area contributed by atoms with Gasteiger partial charge >= 0.3 is 0 Å². The van der Waals surface area contributed by atoms with Gasteiger partial charge in [-0.25, -0.2) is 17.5 Å². The molecule has 0 saturated heterocycles. The molecule has 0 amide bonds. The third-order valence-corrected chi connectivity index (χ3v) is 6.14. The number of H-pyrrole nitrogens is 1. The summed E-state index contributed by atoms with van der Waals surface area (Å²) in [5.74, 6) is 0.346. The van der Waals surface area contributed by atoms with Gasteiger partial charge in [-0.1, -0.05) is 0 Å². The second-order valence-corrected chi connectivity index (χ2v) is 8.53. The number of hydrogen-bond acceptors (Lipinski definition) is 4. The number of hydrogen-bond donors (Lipinski definition) is 2. The van der Waals surface area contributed by atoms with Crippen molar-refractivity contribution >= 4 is 15.5 Å². The molecule has 0 aliphatic heterocycles. The summed E-state index contributed by atoms with van der Waals surface area (Å²) in [5, 5.41) is 0. The Morgan fingerprint density at radius 3 is 2.53 bits per heavy atom. The first-order chi connectivity index (χ1) is 14.3. The number of aromatic nitrogens is 2. The van der Waals surface area contributed by atoms with Crippen LogP contribution in [0, 0.1) is 12.7 Å². The van der Waals surface area contributed by atoms with Crippen molar-refractivity contribution in [1.82, 2.24) is 14.1 Å². The van der Waals surface area contributed by atoms with Crippen molar-refractivity contribution in [2.24, 2.45) is 0 Å². The fourth-order valence-corrected chi connectivity index (χ4v) is 4.03. The van der Waals surface area contributed by atoms with Gasteiger partial charge in [0.1, 0.15) is 22.8 Å². The molecule has 2 aromatic heterocycles. The highest BCUT2D eigenvalue weighted by Crippen LogP contribution is 2.36. The SMILES string of the molecule is CNS(=O)(=O)c1ccc(Oc2ccc(F)cc2)c(-c2cc(C)c3c(=O)[nH]ccn23)c1. The number of benzene rings is 2. The van der Waals surface area contributed by atoms with Crippen LogP contribution in [0.25, 0.3) is 16.8 Å². The molecule has 2 aromatic carbocycles. The van der Waals surface area contributed by atoms with E-state index in [4.69, 9.17) is 4.74 Å². The molecular weight excluding hydrogens is 409 g/mol. The van der Waals surface area contributed by atoms with Crippen LogP contribution >= 0.6 is 0 Å². The van der Waals surface area contributed by atoms with Crippen molar-refractivity contribution in [3.8, 4) is 22.8 Å². The summed E-state index contributed by atoms with van der Waals surface area (Å²) < 4.78 is 47.9. The van der Waals surface area contributed by atoms with E-state index in [1.54, 1.807) is 23.6 Å². The molecular formula is C21H18FN3O4S. The van der Waals surface area contributed by atoms with E-state index >= 15 is 0 Å². The number of nitrogens with one attached hydrogen (secondary N) is 2. The Morgan fingerprint density at radius 1 is 1.10 bits per heavy atom. The Kier molecular flexibility index (Phi) is 4.92. The molecule has 0 bridgehead atoms. The first-order valence-electron chi connectivity index (χ1n) is 9.01. The highest BCUT2D eigenvalue weighted by molar-refractivity contribution is 7.89. The van der Waals surface area contributed by atoms with Crippen LogP contribution < -0.4 is 15.0 Å². The predicted molar refractivity (Wildman–Crippen MR) is 111 cm³/mol. The molecule has 0 radical (unpaired) electrons. The Balaban J connectivity index is 1.96. The van der Waals surface area contributed by atoms with Crippen LogP contribution in [0.4, 0.5) is 4.39 Å². The second kappa shape index (κ2) is 7.43. The summed E-state index contributed by atoms with van der Waals surface area (Å²) in [5.41, 5.74) is 1.95. The maximum Gasteiger partial charge on any atom is 0.272 e. The molecule has 2 N–H and O–H groups in total. The summed E-state index contributed by atoms with van der Waals surface area (Å²) >= 11 is 0. The van der Waals surface area contributed by atoms with Crippen LogP contribution in [-0.2, 0) is 10.0 Å². The number of ether oxygens (including phenoxy) is 1. The molecule has 2 heterocycles. The highest BCUT2D eigenvalue weighted by atomic mass is 32.2. The van der Waals surface area contributed by atoms with Crippen LogP contribution in [0.15, 0.2) is 70.6 Å². The van der Waals surface area contributed by atoms with Gasteiger partial charge in [-0.05, 0) is 68.1 Å². The van der Waals surface area contributed by atoms with Crippen LogP contribution in [0.3, 0.4) is 0 Å². The van der Waals surface area contributed by atoms with Crippen molar-refractivity contribution in [1.29, 1.82) is 0 Å². The number of fused-ring (bicyclic) bond motifs is 1. The molecule has 4 aromatic rings. The van der Waals surface area contributed by atoms with Crippen molar-refractivity contribution in [2.45, 2.75) is 11.8 Å². The van der Waals surface area contributed by atoms with E-state index in [-0.39, 0.29) is 10.5 Å². The average Bonchev–Trinajstić information content (AvgIpc) is 3.07. The topological polar surface area (TPSA) is 92.7 Å². The van der Waals surface area contributed by atoms with Gasteiger partial charge in [-0.15, -0.1) is 0 Å². The van der Waals surface area contributed by atoms with E-state index in [1.807, 2.05) is 0 Å². The second-order valence-electron chi connectivity index (χ2n) is 6.64. The number of halogens is 1. The van der Waals surface area contributed by atoms with E-state index in [1.165, 1.54) is 55.7 Å². The Hall–Kier alpha value is -3.43. The number of rotatable bonds is 5. The van der Waals surface area contributed by atoms with Gasteiger partial charge in [0.05, 0.1) is 10.6 Å². The zero-order chi connectivity index (χ0) is 21.5. The first-order valence-corrected chi connectivity index (χ1v) is 10.5. The standard InChI is InChI=1S/C21H18FN3O4S/c1-13-11-18(25-10-9-24-21(26)20(13)25)17-12-16(30(27,28)23-2)7-8-19(17)29-15-5-3-14(22)4-6-15/h3-12,23H,1-2H3,(H,24,26). The summed E-state index contributed by atoms with van der Waals surface area (Å²) in [6.45, 7) is 1.79. The molecule has 0 saturated carbocycles. The summed E-state index contributed by atoms with van der Waals surface area (Å²) in [6, 6.07) is 11.7. The van der Waals surface area contributed by atoms with Gasteiger partial charge < -0.3 is 14.1 Å². The predicted octanol–water partition coefficient (Wildman–Crippen LogP) is 3.44. The van der Waals surface area contributed by atoms with Gasteiger partial charge in [0.2, 0.25) is 10.0 Å². The fraction of sp³-hybridized carbons (Fsp3) is 0.0952. The molecule has 0 spiro atoms. The van der Waals surface area contributed by atoms with E-state index in [0.29, 0.717) is 28.3 Å². The van der Waals surface area contributed by atoms with E-state index < -0.39 is 15.8 Å². The quantitative estimate of drug-likeness (QED) is 0.510. The van der Waals surface area contributed by atoms with Gasteiger partial charge in [-0.3, -0.25) is 4.79 Å². The van der Waals surface area contributed by atoms with Crippen LogP contribution in [0.5, 0.6) is 11.5 Å². The number of aromatic amines is 1. The van der Waals surface area contributed by atoms with E-state index in [2.05, 4.69) is 9.71 Å². The molecule has 30 heavy (non-hydrogen) atoms. The monoisotopic (exact) mass is 427 g/mol. The van der Waals surface area contributed by atoms with Crippen molar-refractivity contribution in [3.05, 3.63) is 82.7 Å². The lowest BCUT2D eigenvalue weighted by Crippen LogP contribution is -2.18. The summed E-state index contributed by atoms with van der Waals surface area (Å²) in [6.07, 6.45) is 3.19. The summed E-state index contributed by atoms with van der Waals surface area (Å²) in [7, 11) is -2.38. The Labute approximate surface area is 171 Å². The molecule has 0 aliphatic rings. The third kappa shape index (κ3) is 3.49. The van der Waals surface area contributed by atoms with Crippen LogP contribution in [0.1, 0.15) is 5.56 Å². The minimum Gasteiger partial charge on any atom is -0.457 e. The number of nitrogens with zero attached hydrogens (tertiary/aromatic N) is 1. The van der Waals surface area contributed by atoms with Gasteiger partial charge in [-0.2, -0.15) is 0 Å². The number of aryl methyl sites for hydroxylation is 1. The lowest BCUT2D eigenvalue weighted by atomic mass is 10.1. The lowest BCUT2D eigenvalue weighted by molar-refractivity contribution is 0.481. The van der Waals surface area contributed by atoms with E-state index in [0.717, 1.165) is 5.56 Å². The molecule has 154 valence electrons. The fourth-order valence-electron chi connectivity index (χ4n) is 3.27. The van der Waals surface area contributed by atoms with Crippen LogP contribution in [-0.4, -0.2) is 24.9 Å². The first kappa shape index (κ1) is 19.9. The van der Waals surface area contributed by atoms with Crippen molar-refractivity contribution in [3.63, 3.8) is 0 Å². The minimum absolute atomic E-state index is 0.0453. The maximum absolute atomic E-state index is 13.2. The lowest BCUT2D eigenvalue weighted by Gasteiger charge is -2.13.